The number of hydrogen-bond acceptors (Lipinski definition) is 4. The lowest BCUT2D eigenvalue weighted by Crippen LogP contribution is -2.22. The Morgan fingerprint density at radius 3 is 2.83 bits per heavy atom. The molecule has 0 fully saturated rings. The van der Waals surface area contributed by atoms with Gasteiger partial charge in [-0.25, -0.2) is 4.98 Å². The van der Waals surface area contributed by atoms with E-state index in [1.165, 1.54) is 29.1 Å². The molecule has 0 aliphatic carbocycles. The molecule has 2 heterocycles. The van der Waals surface area contributed by atoms with Crippen molar-refractivity contribution in [3.05, 3.63) is 67.8 Å². The van der Waals surface area contributed by atoms with Crippen LogP contribution in [0.5, 0.6) is 0 Å². The number of nitro groups is 1. The van der Waals surface area contributed by atoms with E-state index in [-0.39, 0.29) is 11.7 Å². The highest BCUT2D eigenvalue weighted by Gasteiger charge is 2.14. The van der Waals surface area contributed by atoms with Gasteiger partial charge in [-0.2, -0.15) is 0 Å². The number of hydrogen-bond donors (Lipinski definition) is 0. The zero-order chi connectivity index (χ0) is 13.1. The third kappa shape index (κ3) is 2.38. The van der Waals surface area contributed by atoms with E-state index in [9.17, 15) is 14.9 Å². The summed E-state index contributed by atoms with van der Waals surface area (Å²) in [5, 5.41) is 10.9. The molecular formula is C11H8ClN3O3. The van der Waals surface area contributed by atoms with E-state index in [1.54, 1.807) is 12.1 Å². The molecule has 6 nitrogen and oxygen atoms in total. The molecule has 92 valence electrons. The second-order valence-corrected chi connectivity index (χ2v) is 3.89. The van der Waals surface area contributed by atoms with Gasteiger partial charge in [0.1, 0.15) is 5.15 Å². The first-order chi connectivity index (χ1) is 8.59. The van der Waals surface area contributed by atoms with Gasteiger partial charge in [0.25, 0.3) is 0 Å². The lowest BCUT2D eigenvalue weighted by Gasteiger charge is -2.06. The summed E-state index contributed by atoms with van der Waals surface area (Å²) in [6.07, 6.45) is 3.00. The Labute approximate surface area is 107 Å². The Morgan fingerprint density at radius 2 is 2.17 bits per heavy atom. The second kappa shape index (κ2) is 4.97. The minimum Gasteiger partial charge on any atom is -0.305 e. The molecule has 0 amide bonds. The summed E-state index contributed by atoms with van der Waals surface area (Å²) in [7, 11) is 0. The SMILES string of the molecule is O=c1c([N+](=O)[O-])cccn1Cc1cccnc1Cl. The van der Waals surface area contributed by atoms with Gasteiger partial charge in [-0.15, -0.1) is 0 Å². The highest BCUT2D eigenvalue weighted by molar-refractivity contribution is 6.30. The summed E-state index contributed by atoms with van der Waals surface area (Å²) >= 11 is 5.87. The maximum absolute atomic E-state index is 11.8. The molecule has 0 unspecified atom stereocenters. The summed E-state index contributed by atoms with van der Waals surface area (Å²) in [6, 6.07) is 6.01. The monoisotopic (exact) mass is 265 g/mol. The first-order valence-electron chi connectivity index (χ1n) is 5.03. The summed E-state index contributed by atoms with van der Waals surface area (Å²) in [5.74, 6) is 0. The molecule has 18 heavy (non-hydrogen) atoms. The van der Waals surface area contributed by atoms with Crippen molar-refractivity contribution in [1.82, 2.24) is 9.55 Å². The van der Waals surface area contributed by atoms with E-state index >= 15 is 0 Å². The first kappa shape index (κ1) is 12.3. The fraction of sp³-hybridized carbons (Fsp3) is 0.0909. The Balaban J connectivity index is 2.42. The summed E-state index contributed by atoms with van der Waals surface area (Å²) < 4.78 is 1.22. The zero-order valence-corrected chi connectivity index (χ0v) is 9.87. The van der Waals surface area contributed by atoms with Crippen molar-refractivity contribution in [2.45, 2.75) is 6.54 Å². The van der Waals surface area contributed by atoms with Crippen LogP contribution in [-0.4, -0.2) is 14.5 Å². The van der Waals surface area contributed by atoms with Crippen LogP contribution in [0.15, 0.2) is 41.5 Å². The van der Waals surface area contributed by atoms with Crippen LogP contribution in [0.1, 0.15) is 5.56 Å². The number of aromatic nitrogens is 2. The van der Waals surface area contributed by atoms with Crippen molar-refractivity contribution < 1.29 is 4.92 Å². The predicted molar refractivity (Wildman–Crippen MR) is 65.7 cm³/mol. The minimum absolute atomic E-state index is 0.146. The molecule has 0 bridgehead atoms. The number of pyridine rings is 2. The molecule has 0 saturated heterocycles. The van der Waals surface area contributed by atoms with Crippen molar-refractivity contribution in [2.75, 3.05) is 0 Å². The van der Waals surface area contributed by atoms with Crippen LogP contribution in [0.25, 0.3) is 0 Å². The van der Waals surface area contributed by atoms with Gasteiger partial charge in [0, 0.05) is 24.0 Å². The third-order valence-corrected chi connectivity index (χ3v) is 2.71. The number of halogens is 1. The first-order valence-corrected chi connectivity index (χ1v) is 5.40. The van der Waals surface area contributed by atoms with Gasteiger partial charge < -0.3 is 4.57 Å². The maximum Gasteiger partial charge on any atom is 0.334 e. The van der Waals surface area contributed by atoms with Gasteiger partial charge in [-0.05, 0) is 12.1 Å². The van der Waals surface area contributed by atoms with E-state index in [2.05, 4.69) is 4.98 Å². The molecule has 0 N–H and O–H groups in total. The van der Waals surface area contributed by atoms with E-state index in [0.29, 0.717) is 5.56 Å². The van der Waals surface area contributed by atoms with Crippen LogP contribution >= 0.6 is 11.6 Å². The van der Waals surface area contributed by atoms with E-state index in [4.69, 9.17) is 11.6 Å². The highest BCUT2D eigenvalue weighted by atomic mass is 35.5. The summed E-state index contributed by atoms with van der Waals surface area (Å²) in [4.78, 5) is 25.6. The Bertz CT molecular complexity index is 654. The standard InChI is InChI=1S/C11H8ClN3O3/c12-10-8(3-1-5-13-10)7-14-6-2-4-9(11(14)16)15(17)18/h1-6H,7H2. The van der Waals surface area contributed by atoms with Gasteiger partial charge in [0.15, 0.2) is 0 Å². The fourth-order valence-corrected chi connectivity index (χ4v) is 1.69. The molecule has 0 spiro atoms. The van der Waals surface area contributed by atoms with E-state index < -0.39 is 16.2 Å². The molecular weight excluding hydrogens is 258 g/mol. The van der Waals surface area contributed by atoms with Crippen LogP contribution in [0, 0.1) is 10.1 Å². The van der Waals surface area contributed by atoms with Crippen LogP contribution in [0.3, 0.4) is 0 Å². The Hall–Kier alpha value is -2.21. The van der Waals surface area contributed by atoms with Gasteiger partial charge in [0.2, 0.25) is 0 Å². The van der Waals surface area contributed by atoms with Gasteiger partial charge in [-0.1, -0.05) is 17.7 Å². The van der Waals surface area contributed by atoms with Gasteiger partial charge in [0.05, 0.1) is 11.5 Å². The Kier molecular flexibility index (Phi) is 3.38. The van der Waals surface area contributed by atoms with Gasteiger partial charge in [-0.3, -0.25) is 14.9 Å². The van der Waals surface area contributed by atoms with Gasteiger partial charge >= 0.3 is 11.2 Å². The summed E-state index contributed by atoms with van der Waals surface area (Å²) in [6.45, 7) is 0.146. The maximum atomic E-state index is 11.8. The highest BCUT2D eigenvalue weighted by Crippen LogP contribution is 2.13. The molecule has 2 aromatic rings. The quantitative estimate of drug-likeness (QED) is 0.482. The molecule has 0 atom stereocenters. The number of nitrogens with zero attached hydrogens (tertiary/aromatic N) is 3. The molecule has 0 aromatic carbocycles. The topological polar surface area (TPSA) is 78.0 Å². The molecule has 0 aliphatic rings. The van der Waals surface area contributed by atoms with E-state index in [1.807, 2.05) is 0 Å². The van der Waals surface area contributed by atoms with Crippen LogP contribution in [-0.2, 0) is 6.54 Å². The van der Waals surface area contributed by atoms with Crippen molar-refractivity contribution in [2.24, 2.45) is 0 Å². The predicted octanol–water partition coefficient (Wildman–Crippen LogP) is 1.85. The largest absolute Gasteiger partial charge is 0.334 e. The molecule has 2 rings (SSSR count). The second-order valence-electron chi connectivity index (χ2n) is 3.54. The molecule has 0 aliphatic heterocycles. The van der Waals surface area contributed by atoms with Crippen molar-refractivity contribution >= 4 is 17.3 Å². The average molecular weight is 266 g/mol. The third-order valence-electron chi connectivity index (χ3n) is 2.37. The lowest BCUT2D eigenvalue weighted by molar-refractivity contribution is -0.386. The van der Waals surface area contributed by atoms with Crippen molar-refractivity contribution in [1.29, 1.82) is 0 Å². The smallest absolute Gasteiger partial charge is 0.305 e. The zero-order valence-electron chi connectivity index (χ0n) is 9.12. The minimum atomic E-state index is -0.705. The van der Waals surface area contributed by atoms with Crippen molar-refractivity contribution in [3.8, 4) is 0 Å². The van der Waals surface area contributed by atoms with E-state index in [0.717, 1.165) is 0 Å². The lowest BCUT2D eigenvalue weighted by atomic mass is 10.3. The van der Waals surface area contributed by atoms with Crippen molar-refractivity contribution in [3.63, 3.8) is 0 Å². The summed E-state index contributed by atoms with van der Waals surface area (Å²) in [5.41, 5.74) is -0.498. The van der Waals surface area contributed by atoms with Crippen LogP contribution < -0.4 is 5.56 Å². The molecule has 2 aromatic heterocycles. The van der Waals surface area contributed by atoms with Crippen LogP contribution in [0.2, 0.25) is 5.15 Å². The normalized spacial score (nSPS) is 10.3. The number of rotatable bonds is 3. The van der Waals surface area contributed by atoms with Crippen LogP contribution in [0.4, 0.5) is 5.69 Å². The Morgan fingerprint density at radius 1 is 1.39 bits per heavy atom. The molecule has 0 saturated carbocycles. The average Bonchev–Trinajstić information content (AvgIpc) is 2.34. The fourth-order valence-electron chi connectivity index (χ4n) is 1.51. The molecule has 7 heteroatoms. The molecule has 0 radical (unpaired) electrons.